The maximum Gasteiger partial charge on any atom is 0.138 e. The molecule has 1 aliphatic carbocycles. The molecule has 1 aromatic carbocycles. The molecule has 4 heteroatoms. The third-order valence-corrected chi connectivity index (χ3v) is 3.64. The second-order valence-corrected chi connectivity index (χ2v) is 5.70. The van der Waals surface area contributed by atoms with Gasteiger partial charge in [0, 0.05) is 23.2 Å². The molecule has 0 aromatic heterocycles. The van der Waals surface area contributed by atoms with Gasteiger partial charge >= 0.3 is 0 Å². The molecule has 0 aliphatic heterocycles. The first-order valence-electron chi connectivity index (χ1n) is 5.96. The molecular weight excluding hydrogens is 257 g/mol. The number of halogens is 2. The average molecular weight is 274 g/mol. The largest absolute Gasteiger partial charge is 0.506 e. The second kappa shape index (κ2) is 5.47. The lowest BCUT2D eigenvalue weighted by molar-refractivity contribution is 0.450. The van der Waals surface area contributed by atoms with Crippen LogP contribution < -0.4 is 5.32 Å². The summed E-state index contributed by atoms with van der Waals surface area (Å²) >= 11 is 11.8. The number of nitrogens with one attached hydrogen (secondary N) is 1. The van der Waals surface area contributed by atoms with Crippen LogP contribution in [0.15, 0.2) is 12.1 Å². The predicted molar refractivity (Wildman–Crippen MR) is 71.8 cm³/mol. The highest BCUT2D eigenvalue weighted by molar-refractivity contribution is 6.35. The zero-order valence-electron chi connectivity index (χ0n) is 9.84. The third-order valence-electron chi connectivity index (χ3n) is 3.13. The standard InChI is InChI=1S/C13H17Cl2NO/c1-8(4-9-2-3-9)16-7-10-5-11(14)6-12(15)13(10)17/h5-6,8-9,16-17H,2-4,7H2,1H3. The van der Waals surface area contributed by atoms with Crippen LogP contribution in [0.4, 0.5) is 0 Å². The van der Waals surface area contributed by atoms with Gasteiger partial charge in [0.15, 0.2) is 0 Å². The summed E-state index contributed by atoms with van der Waals surface area (Å²) in [5, 5.41) is 14.1. The maximum atomic E-state index is 9.80. The lowest BCUT2D eigenvalue weighted by Gasteiger charge is -2.14. The first-order valence-corrected chi connectivity index (χ1v) is 6.72. The minimum Gasteiger partial charge on any atom is -0.506 e. The number of aromatic hydroxyl groups is 1. The molecule has 0 saturated heterocycles. The van der Waals surface area contributed by atoms with E-state index in [2.05, 4.69) is 12.2 Å². The first kappa shape index (κ1) is 13.0. The van der Waals surface area contributed by atoms with Crippen LogP contribution in [0.25, 0.3) is 0 Å². The van der Waals surface area contributed by atoms with E-state index in [1.54, 1.807) is 12.1 Å². The van der Waals surface area contributed by atoms with Crippen molar-refractivity contribution in [2.24, 2.45) is 5.92 Å². The summed E-state index contributed by atoms with van der Waals surface area (Å²) in [6.07, 6.45) is 3.93. The molecule has 0 radical (unpaired) electrons. The second-order valence-electron chi connectivity index (χ2n) is 4.86. The van der Waals surface area contributed by atoms with E-state index in [0.717, 1.165) is 11.5 Å². The van der Waals surface area contributed by atoms with Crippen molar-refractivity contribution >= 4 is 23.2 Å². The molecule has 0 spiro atoms. The molecule has 2 nitrogen and oxygen atoms in total. The fourth-order valence-corrected chi connectivity index (χ4v) is 2.51. The molecule has 2 N–H and O–H groups in total. The topological polar surface area (TPSA) is 32.3 Å². The van der Waals surface area contributed by atoms with E-state index >= 15 is 0 Å². The number of rotatable bonds is 5. The van der Waals surface area contributed by atoms with Crippen LogP contribution >= 0.6 is 23.2 Å². The van der Waals surface area contributed by atoms with E-state index in [-0.39, 0.29) is 5.75 Å². The normalized spacial score (nSPS) is 17.1. The Kier molecular flexibility index (Phi) is 4.18. The number of phenolic OH excluding ortho intramolecular Hbond substituents is 1. The van der Waals surface area contributed by atoms with Gasteiger partial charge in [0.2, 0.25) is 0 Å². The zero-order valence-corrected chi connectivity index (χ0v) is 11.4. The third kappa shape index (κ3) is 3.77. The van der Waals surface area contributed by atoms with Crippen molar-refractivity contribution in [1.29, 1.82) is 0 Å². The molecule has 0 heterocycles. The van der Waals surface area contributed by atoms with Crippen LogP contribution in [-0.2, 0) is 6.54 Å². The van der Waals surface area contributed by atoms with Crippen molar-refractivity contribution in [3.8, 4) is 5.75 Å². The van der Waals surface area contributed by atoms with Gasteiger partial charge < -0.3 is 10.4 Å². The van der Waals surface area contributed by atoms with Crippen LogP contribution in [-0.4, -0.2) is 11.1 Å². The Morgan fingerprint density at radius 2 is 2.12 bits per heavy atom. The van der Waals surface area contributed by atoms with Gasteiger partial charge in [0.25, 0.3) is 0 Å². The predicted octanol–water partition coefficient (Wildman–Crippen LogP) is 3.98. The summed E-state index contributed by atoms with van der Waals surface area (Å²) in [6.45, 7) is 2.77. The van der Waals surface area contributed by atoms with Crippen LogP contribution in [0.1, 0.15) is 31.7 Å². The summed E-state index contributed by atoms with van der Waals surface area (Å²) in [5.74, 6) is 1.02. The Morgan fingerprint density at radius 3 is 2.76 bits per heavy atom. The first-order chi connectivity index (χ1) is 8.06. The zero-order chi connectivity index (χ0) is 12.4. The summed E-state index contributed by atoms with van der Waals surface area (Å²) in [5.41, 5.74) is 0.755. The minimum absolute atomic E-state index is 0.127. The highest BCUT2D eigenvalue weighted by Crippen LogP contribution is 2.34. The van der Waals surface area contributed by atoms with Crippen molar-refractivity contribution < 1.29 is 5.11 Å². The van der Waals surface area contributed by atoms with Crippen LogP contribution in [0.2, 0.25) is 10.0 Å². The lowest BCUT2D eigenvalue weighted by Crippen LogP contribution is -2.25. The van der Waals surface area contributed by atoms with Gasteiger partial charge in [0.1, 0.15) is 5.75 Å². The van der Waals surface area contributed by atoms with Gasteiger partial charge in [-0.15, -0.1) is 0 Å². The highest BCUT2D eigenvalue weighted by atomic mass is 35.5. The number of hydrogen-bond acceptors (Lipinski definition) is 2. The van der Waals surface area contributed by atoms with E-state index in [4.69, 9.17) is 23.2 Å². The molecule has 1 aliphatic rings. The smallest absolute Gasteiger partial charge is 0.138 e. The van der Waals surface area contributed by atoms with Gasteiger partial charge in [0.05, 0.1) is 5.02 Å². The summed E-state index contributed by atoms with van der Waals surface area (Å²) in [7, 11) is 0. The van der Waals surface area contributed by atoms with Crippen molar-refractivity contribution in [3.05, 3.63) is 27.7 Å². The van der Waals surface area contributed by atoms with Crippen LogP contribution in [0.5, 0.6) is 5.75 Å². The van der Waals surface area contributed by atoms with E-state index < -0.39 is 0 Å². The van der Waals surface area contributed by atoms with Crippen LogP contribution in [0, 0.1) is 5.92 Å². The summed E-state index contributed by atoms with van der Waals surface area (Å²) < 4.78 is 0. The molecule has 94 valence electrons. The Bertz CT molecular complexity index is 405. The minimum atomic E-state index is 0.127. The quantitative estimate of drug-likeness (QED) is 0.851. The Balaban J connectivity index is 1.93. The number of hydrogen-bond donors (Lipinski definition) is 2. The maximum absolute atomic E-state index is 9.80. The molecule has 1 saturated carbocycles. The van der Waals surface area contributed by atoms with Crippen molar-refractivity contribution in [3.63, 3.8) is 0 Å². The molecule has 2 rings (SSSR count). The van der Waals surface area contributed by atoms with Gasteiger partial charge in [-0.3, -0.25) is 0 Å². The number of phenols is 1. The van der Waals surface area contributed by atoms with E-state index in [9.17, 15) is 5.11 Å². The van der Waals surface area contributed by atoms with Crippen molar-refractivity contribution in [1.82, 2.24) is 5.32 Å². The molecule has 1 unspecified atom stereocenters. The molecule has 1 atom stereocenters. The Hall–Kier alpha value is -0.440. The van der Waals surface area contributed by atoms with Gasteiger partial charge in [-0.05, 0) is 31.4 Å². The molecule has 17 heavy (non-hydrogen) atoms. The van der Waals surface area contributed by atoms with Gasteiger partial charge in [-0.1, -0.05) is 36.0 Å². The number of benzene rings is 1. The summed E-state index contributed by atoms with van der Waals surface area (Å²) in [6, 6.07) is 3.76. The Labute approximate surface area is 112 Å². The fraction of sp³-hybridized carbons (Fsp3) is 0.538. The average Bonchev–Trinajstić information content (AvgIpc) is 3.05. The lowest BCUT2D eigenvalue weighted by atomic mass is 10.1. The van der Waals surface area contributed by atoms with Crippen molar-refractivity contribution in [2.75, 3.05) is 0 Å². The van der Waals surface area contributed by atoms with Gasteiger partial charge in [-0.2, -0.15) is 0 Å². The molecular formula is C13H17Cl2NO. The fourth-order valence-electron chi connectivity index (χ4n) is 1.98. The summed E-state index contributed by atoms with van der Waals surface area (Å²) in [4.78, 5) is 0. The SMILES string of the molecule is CC(CC1CC1)NCc1cc(Cl)cc(Cl)c1O. The molecule has 0 bridgehead atoms. The monoisotopic (exact) mass is 273 g/mol. The Morgan fingerprint density at radius 1 is 1.41 bits per heavy atom. The highest BCUT2D eigenvalue weighted by Gasteiger charge is 2.23. The van der Waals surface area contributed by atoms with Crippen LogP contribution in [0.3, 0.4) is 0 Å². The molecule has 1 aromatic rings. The van der Waals surface area contributed by atoms with E-state index in [1.807, 2.05) is 0 Å². The van der Waals surface area contributed by atoms with E-state index in [0.29, 0.717) is 22.6 Å². The van der Waals surface area contributed by atoms with Gasteiger partial charge in [-0.25, -0.2) is 0 Å². The molecule has 0 amide bonds. The van der Waals surface area contributed by atoms with E-state index in [1.165, 1.54) is 19.3 Å². The molecule has 1 fully saturated rings. The van der Waals surface area contributed by atoms with Crippen molar-refractivity contribution in [2.45, 2.75) is 38.8 Å².